The first-order valence-corrected chi connectivity index (χ1v) is 45.1. The molecule has 620 valence electrons. The van der Waals surface area contributed by atoms with Gasteiger partial charge in [0.05, 0.1) is 26.4 Å². The summed E-state index contributed by atoms with van der Waals surface area (Å²) in [5, 5.41) is 20.7. The summed E-state index contributed by atoms with van der Waals surface area (Å²) in [5.74, 6) is -1.63. The van der Waals surface area contributed by atoms with Crippen LogP contribution in [0, 0.1) is 0 Å². The molecule has 18 heteroatoms. The van der Waals surface area contributed by atoms with Crippen molar-refractivity contribution in [2.45, 2.75) is 334 Å². The Balaban J connectivity index is 4.58. The van der Waals surface area contributed by atoms with Crippen molar-refractivity contribution in [3.05, 3.63) is 182 Å². The minimum absolute atomic E-state index is 0.0667. The number of ether oxygens (including phenoxy) is 3. The third kappa shape index (κ3) is 83.4. The van der Waals surface area contributed by atoms with Gasteiger partial charge >= 0.3 is 33.6 Å². The highest BCUT2D eigenvalue weighted by atomic mass is 31.2. The highest BCUT2D eigenvalue weighted by Gasteiger charge is 2.29. The number of allylic oxidation sites excluding steroid dienone is 30. The molecule has 0 rings (SSSR count). The predicted octanol–water partition coefficient (Wildman–Crippen LogP) is 25.3. The van der Waals surface area contributed by atoms with E-state index < -0.39 is 91.5 Å². The third-order valence-electron chi connectivity index (χ3n) is 17.1. The lowest BCUT2D eigenvalue weighted by atomic mass is 10.0. The second-order valence-corrected chi connectivity index (χ2v) is 30.4. The van der Waals surface area contributed by atoms with Crippen LogP contribution in [-0.2, 0) is 55.8 Å². The number of phosphoric acid groups is 2. The lowest BCUT2D eigenvalue weighted by Crippen LogP contribution is -2.30. The zero-order valence-electron chi connectivity index (χ0n) is 67.9. The molecule has 0 amide bonds. The van der Waals surface area contributed by atoms with Gasteiger partial charge in [-0.2, -0.15) is 0 Å². The van der Waals surface area contributed by atoms with E-state index in [9.17, 15) is 43.5 Å². The van der Waals surface area contributed by atoms with Gasteiger partial charge in [-0.05, 0) is 154 Å². The number of aliphatic hydroxyl groups is 2. The van der Waals surface area contributed by atoms with E-state index in [2.05, 4.69) is 203 Å². The van der Waals surface area contributed by atoms with Gasteiger partial charge in [0.2, 0.25) is 0 Å². The average molecular weight is 1560 g/mol. The fourth-order valence-electron chi connectivity index (χ4n) is 10.8. The van der Waals surface area contributed by atoms with Gasteiger partial charge in [-0.1, -0.05) is 325 Å². The minimum atomic E-state index is -4.95. The van der Waals surface area contributed by atoms with Gasteiger partial charge in [0.15, 0.2) is 6.10 Å². The molecule has 0 heterocycles. The number of phosphoric ester groups is 2. The Kier molecular flexibility index (Phi) is 78.1. The number of hydrogen-bond donors (Lipinski definition) is 4. The lowest BCUT2D eigenvalue weighted by Gasteiger charge is -2.21. The molecule has 0 aliphatic rings. The highest BCUT2D eigenvalue weighted by molar-refractivity contribution is 7.47. The van der Waals surface area contributed by atoms with Gasteiger partial charge < -0.3 is 34.2 Å². The van der Waals surface area contributed by atoms with Crippen LogP contribution in [0.1, 0.15) is 316 Å². The summed E-state index contributed by atoms with van der Waals surface area (Å²) < 4.78 is 61.2. The summed E-state index contributed by atoms with van der Waals surface area (Å²) in [6.07, 6.45) is 107. The van der Waals surface area contributed by atoms with E-state index in [0.29, 0.717) is 19.3 Å². The first kappa shape index (κ1) is 104. The van der Waals surface area contributed by atoms with Crippen LogP contribution in [0.3, 0.4) is 0 Å². The van der Waals surface area contributed by atoms with Crippen LogP contribution >= 0.6 is 15.6 Å². The summed E-state index contributed by atoms with van der Waals surface area (Å²) in [6.45, 7) is 2.30. The third-order valence-corrected chi connectivity index (χ3v) is 19.0. The van der Waals surface area contributed by atoms with E-state index in [1.54, 1.807) is 0 Å². The molecule has 0 aromatic carbocycles. The van der Waals surface area contributed by atoms with E-state index >= 15 is 0 Å². The molecule has 0 aromatic rings. The van der Waals surface area contributed by atoms with Gasteiger partial charge in [0, 0.05) is 19.3 Å². The molecule has 0 radical (unpaired) electrons. The molecule has 16 nitrogen and oxygen atoms in total. The molecular formula is C91H150O16P2. The fraction of sp³-hybridized carbons (Fsp3) is 0.637. The summed E-state index contributed by atoms with van der Waals surface area (Å²) in [5.41, 5.74) is 0. The first-order chi connectivity index (χ1) is 53.2. The molecule has 0 aliphatic heterocycles. The molecule has 0 saturated heterocycles. The molecule has 0 aliphatic carbocycles. The SMILES string of the molecule is CC/C=C\C/C=C\C/C=C\C/C=C\C/C=C\C/C=C\CCCCCCCCC(=O)OCC(COP(=O)(O)OCC(O)COP(=O)(O)OCC(O)COC(=O)CCCCCCCCCCCCCCCCC/C=C\C/C=C\C/C=C\C/C=C\C/C=C\CC)OC(=O)CCCCCC/C=C\C/C=C\C/C=C\C/C=C\CC. The summed E-state index contributed by atoms with van der Waals surface area (Å²) in [4.78, 5) is 58.8. The number of rotatable bonds is 78. The maximum absolute atomic E-state index is 13.0. The van der Waals surface area contributed by atoms with Gasteiger partial charge in [-0.3, -0.25) is 32.5 Å². The topological polar surface area (TPSA) is 231 Å². The highest BCUT2D eigenvalue weighted by Crippen LogP contribution is 2.45. The molecular weight excluding hydrogens is 1410 g/mol. The quantitative estimate of drug-likeness (QED) is 0.0146. The average Bonchev–Trinajstić information content (AvgIpc) is 0.906. The summed E-state index contributed by atoms with van der Waals surface area (Å²) in [6, 6.07) is 0. The molecule has 0 saturated carbocycles. The first-order valence-electron chi connectivity index (χ1n) is 42.1. The minimum Gasteiger partial charge on any atom is -0.463 e. The largest absolute Gasteiger partial charge is 0.472 e. The Hall–Kier alpha value is -5.35. The number of aliphatic hydroxyl groups excluding tert-OH is 2. The smallest absolute Gasteiger partial charge is 0.463 e. The number of unbranched alkanes of at least 4 members (excludes halogenated alkanes) is 25. The second kappa shape index (κ2) is 82.1. The van der Waals surface area contributed by atoms with Crippen molar-refractivity contribution in [2.24, 2.45) is 0 Å². The van der Waals surface area contributed by atoms with Gasteiger partial charge in [-0.15, -0.1) is 0 Å². The monoisotopic (exact) mass is 1560 g/mol. The molecule has 4 N–H and O–H groups in total. The zero-order chi connectivity index (χ0) is 79.4. The van der Waals surface area contributed by atoms with Crippen molar-refractivity contribution in [3.63, 3.8) is 0 Å². The van der Waals surface area contributed by atoms with Gasteiger partial charge in [0.25, 0.3) is 0 Å². The van der Waals surface area contributed by atoms with Crippen LogP contribution in [0.15, 0.2) is 182 Å². The fourth-order valence-corrected chi connectivity index (χ4v) is 12.4. The maximum Gasteiger partial charge on any atom is 0.472 e. The van der Waals surface area contributed by atoms with Crippen molar-refractivity contribution in [3.8, 4) is 0 Å². The number of carbonyl (C=O) groups excluding carboxylic acids is 3. The van der Waals surface area contributed by atoms with E-state index in [1.165, 1.54) is 77.0 Å². The number of hydrogen-bond acceptors (Lipinski definition) is 14. The Morgan fingerprint density at radius 1 is 0.257 bits per heavy atom. The van der Waals surface area contributed by atoms with Crippen molar-refractivity contribution in [1.82, 2.24) is 0 Å². The predicted molar refractivity (Wildman–Crippen MR) is 454 cm³/mol. The van der Waals surface area contributed by atoms with E-state index in [4.69, 9.17) is 32.3 Å². The Morgan fingerprint density at radius 3 is 0.725 bits per heavy atom. The maximum atomic E-state index is 13.0. The van der Waals surface area contributed by atoms with Crippen molar-refractivity contribution >= 4 is 33.6 Å². The lowest BCUT2D eigenvalue weighted by molar-refractivity contribution is -0.161. The molecule has 0 bridgehead atoms. The molecule has 5 unspecified atom stereocenters. The van der Waals surface area contributed by atoms with Crippen LogP contribution in [-0.4, -0.2) is 95.9 Å². The second-order valence-electron chi connectivity index (χ2n) is 27.5. The van der Waals surface area contributed by atoms with Crippen LogP contribution in [0.25, 0.3) is 0 Å². The Labute approximate surface area is 662 Å². The number of carbonyl (C=O) groups is 3. The van der Waals surface area contributed by atoms with Crippen LogP contribution < -0.4 is 0 Å². The van der Waals surface area contributed by atoms with Crippen molar-refractivity contribution in [1.29, 1.82) is 0 Å². The van der Waals surface area contributed by atoms with Crippen molar-refractivity contribution in [2.75, 3.05) is 39.6 Å². The van der Waals surface area contributed by atoms with Crippen LogP contribution in [0.2, 0.25) is 0 Å². The summed E-state index contributed by atoms with van der Waals surface area (Å²) >= 11 is 0. The molecule has 0 fully saturated rings. The zero-order valence-corrected chi connectivity index (χ0v) is 69.7. The molecule has 0 spiro atoms. The van der Waals surface area contributed by atoms with E-state index in [-0.39, 0.29) is 19.3 Å². The van der Waals surface area contributed by atoms with Gasteiger partial charge in [0.1, 0.15) is 25.4 Å². The molecule has 109 heavy (non-hydrogen) atoms. The standard InChI is InChI=1S/C91H150O16P2/c1-4-7-10-13-16-19-22-25-28-31-33-35-37-39-40-41-42-43-44-46-48-49-51-54-56-59-62-65-68-71-74-77-89(94)101-80-86(92)81-103-108(97,98)104-82-87(93)83-105-109(99,100)106-85-88(107-91(96)79-76-73-70-67-64-61-58-53-30-27-24-21-18-15-12-9-6-3)84-102-90(95)78-75-72-69-66-63-60-57-55-52-50-47-45-38-36-34-32-29-26-23-20-17-14-11-8-5-2/h7-12,16-21,25-30,33-36,39-40,45,47,52,55,58,61,86-88,92-93H,4-6,13-15,22-24,31-32,37-38,41-44,46,48-51,53-54,56-57,59-60,62-85H2,1-3H3,(H,97,98)(H,99,100)/b10-7-,11-8-,12-9-,19-16-,20-17-,21-18-,28-25-,29-26-,30-27-,35-33-,36-34-,40-39-,47-45-,55-52-,61-58-. The Bertz CT molecular complexity index is 2710. The van der Waals surface area contributed by atoms with Crippen LogP contribution in [0.5, 0.6) is 0 Å². The molecule has 0 aromatic heterocycles. The number of esters is 3. The van der Waals surface area contributed by atoms with E-state index in [0.717, 1.165) is 180 Å². The molecule has 5 atom stereocenters. The van der Waals surface area contributed by atoms with Gasteiger partial charge in [-0.25, -0.2) is 9.13 Å². The van der Waals surface area contributed by atoms with Crippen LogP contribution in [0.4, 0.5) is 0 Å². The van der Waals surface area contributed by atoms with E-state index in [1.807, 2.05) is 0 Å². The normalized spacial score (nSPS) is 14.8. The summed E-state index contributed by atoms with van der Waals surface area (Å²) in [7, 11) is -9.82. The van der Waals surface area contributed by atoms with Crippen molar-refractivity contribution < 1.29 is 75.8 Å². The Morgan fingerprint density at radius 2 is 0.459 bits per heavy atom.